The number of nitrogens with zero attached hydrogens (tertiary/aromatic N) is 1. The summed E-state index contributed by atoms with van der Waals surface area (Å²) in [6.45, 7) is 2.03. The number of furan rings is 1. The summed E-state index contributed by atoms with van der Waals surface area (Å²) in [5.74, 6) is -0.0457. The molecule has 4 rings (SSSR count). The van der Waals surface area contributed by atoms with Crippen molar-refractivity contribution in [3.05, 3.63) is 77.6 Å². The summed E-state index contributed by atoms with van der Waals surface area (Å²) in [5, 5.41) is 3.24. The molecule has 1 saturated heterocycles. The van der Waals surface area contributed by atoms with E-state index in [9.17, 15) is 9.59 Å². The second-order valence-electron chi connectivity index (χ2n) is 6.73. The highest BCUT2D eigenvalue weighted by Gasteiger charge is 2.34. The van der Waals surface area contributed by atoms with Crippen LogP contribution in [-0.4, -0.2) is 24.0 Å². The predicted molar refractivity (Wildman–Crippen MR) is 123 cm³/mol. The molecule has 0 atom stereocenters. The Morgan fingerprint density at radius 1 is 1.03 bits per heavy atom. The van der Waals surface area contributed by atoms with Gasteiger partial charge in [0.15, 0.2) is 10.2 Å². The van der Waals surface area contributed by atoms with Crippen molar-refractivity contribution in [1.29, 1.82) is 0 Å². The van der Waals surface area contributed by atoms with Crippen molar-refractivity contribution >= 4 is 52.7 Å². The Labute approximate surface area is 188 Å². The molecular formula is C23H18N2O4S2. The van der Waals surface area contributed by atoms with E-state index in [2.05, 4.69) is 5.32 Å². The molecule has 0 bridgehead atoms. The third kappa shape index (κ3) is 4.55. The Morgan fingerprint density at radius 3 is 2.42 bits per heavy atom. The molecule has 6 nitrogen and oxygen atoms in total. The van der Waals surface area contributed by atoms with Gasteiger partial charge in [0.2, 0.25) is 0 Å². The summed E-state index contributed by atoms with van der Waals surface area (Å²) in [5.41, 5.74) is 1.64. The van der Waals surface area contributed by atoms with Gasteiger partial charge in [-0.2, -0.15) is 0 Å². The fourth-order valence-electron chi connectivity index (χ4n) is 2.95. The molecule has 31 heavy (non-hydrogen) atoms. The molecule has 1 fully saturated rings. The number of aryl methyl sites for hydroxylation is 1. The van der Waals surface area contributed by atoms with Crippen LogP contribution >= 0.6 is 24.0 Å². The summed E-state index contributed by atoms with van der Waals surface area (Å²) in [6, 6.07) is 18.4. The lowest BCUT2D eigenvalue weighted by molar-refractivity contribution is -0.122. The first-order valence-electron chi connectivity index (χ1n) is 9.34. The SMILES string of the molecule is COc1ccc(N2C(=O)/C(=C/c3ccc(Sc4ccc(C)cc4)o3)C(=O)NC2=S)cc1. The molecule has 3 aromatic rings. The Morgan fingerprint density at radius 2 is 1.74 bits per heavy atom. The fraction of sp³-hybridized carbons (Fsp3) is 0.0870. The number of rotatable bonds is 5. The molecule has 1 aromatic heterocycles. The van der Waals surface area contributed by atoms with Gasteiger partial charge in [-0.3, -0.25) is 19.8 Å². The molecule has 8 heteroatoms. The summed E-state index contributed by atoms with van der Waals surface area (Å²) >= 11 is 6.67. The third-order valence-corrected chi connectivity index (χ3v) is 5.77. The van der Waals surface area contributed by atoms with Crippen LogP contribution in [0.2, 0.25) is 0 Å². The third-order valence-electron chi connectivity index (χ3n) is 4.56. The van der Waals surface area contributed by atoms with Crippen molar-refractivity contribution in [2.75, 3.05) is 12.0 Å². The number of anilines is 1. The normalized spacial score (nSPS) is 15.4. The van der Waals surface area contributed by atoms with Crippen LogP contribution in [0, 0.1) is 6.92 Å². The highest BCUT2D eigenvalue weighted by molar-refractivity contribution is 7.99. The molecule has 0 radical (unpaired) electrons. The number of amides is 2. The largest absolute Gasteiger partial charge is 0.497 e. The zero-order valence-electron chi connectivity index (χ0n) is 16.7. The second kappa shape index (κ2) is 8.79. The highest BCUT2D eigenvalue weighted by Crippen LogP contribution is 2.31. The van der Waals surface area contributed by atoms with Crippen LogP contribution in [0.4, 0.5) is 5.69 Å². The van der Waals surface area contributed by atoms with Crippen LogP contribution in [0.1, 0.15) is 11.3 Å². The van der Waals surface area contributed by atoms with Crippen molar-refractivity contribution in [2.45, 2.75) is 16.9 Å². The van der Waals surface area contributed by atoms with Gasteiger partial charge in [-0.25, -0.2) is 0 Å². The number of benzene rings is 2. The Hall–Kier alpha value is -3.36. The number of carbonyl (C=O) groups is 2. The average molecular weight is 451 g/mol. The predicted octanol–water partition coefficient (Wildman–Crippen LogP) is 4.58. The number of nitrogens with one attached hydrogen (secondary N) is 1. The summed E-state index contributed by atoms with van der Waals surface area (Å²) < 4.78 is 10.9. The molecule has 0 aliphatic carbocycles. The Bertz CT molecular complexity index is 1180. The van der Waals surface area contributed by atoms with Crippen molar-refractivity contribution in [2.24, 2.45) is 0 Å². The standard InChI is InChI=1S/C23H18N2O4S2/c1-14-3-10-18(11-4-14)31-20-12-9-17(29-20)13-19-21(26)24-23(30)25(22(19)27)15-5-7-16(28-2)8-6-15/h3-13H,1-2H3,(H,24,26,30)/b19-13+. The van der Waals surface area contributed by atoms with Crippen LogP contribution in [0.5, 0.6) is 5.75 Å². The molecule has 2 aromatic carbocycles. The number of ether oxygens (including phenoxy) is 1. The minimum atomic E-state index is -0.566. The van der Waals surface area contributed by atoms with Crippen LogP contribution in [0.25, 0.3) is 6.08 Å². The topological polar surface area (TPSA) is 71.8 Å². The average Bonchev–Trinajstić information content (AvgIpc) is 3.20. The first-order chi connectivity index (χ1) is 14.9. The van der Waals surface area contributed by atoms with E-state index in [4.69, 9.17) is 21.4 Å². The second-order valence-corrected chi connectivity index (χ2v) is 8.19. The minimum Gasteiger partial charge on any atom is -0.497 e. The number of hydrogen-bond acceptors (Lipinski definition) is 6. The molecule has 0 saturated carbocycles. The van der Waals surface area contributed by atoms with Gasteiger partial charge >= 0.3 is 0 Å². The molecule has 0 spiro atoms. The maximum absolute atomic E-state index is 13.1. The number of methoxy groups -OCH3 is 1. The van der Waals surface area contributed by atoms with E-state index in [0.29, 0.717) is 22.3 Å². The lowest BCUT2D eigenvalue weighted by Crippen LogP contribution is -2.54. The van der Waals surface area contributed by atoms with Gasteiger partial charge < -0.3 is 9.15 Å². The van der Waals surface area contributed by atoms with Gasteiger partial charge in [0, 0.05) is 4.90 Å². The molecule has 156 valence electrons. The van der Waals surface area contributed by atoms with E-state index in [1.807, 2.05) is 31.2 Å². The number of thiocarbonyl (C=S) groups is 1. The van der Waals surface area contributed by atoms with Crippen molar-refractivity contribution in [3.8, 4) is 5.75 Å². The minimum absolute atomic E-state index is 0.0207. The molecule has 1 aliphatic rings. The van der Waals surface area contributed by atoms with Gasteiger partial charge in [0.25, 0.3) is 11.8 Å². The lowest BCUT2D eigenvalue weighted by Gasteiger charge is -2.28. The van der Waals surface area contributed by atoms with E-state index in [-0.39, 0.29) is 10.7 Å². The Balaban J connectivity index is 1.58. The molecule has 2 amide bonds. The quantitative estimate of drug-likeness (QED) is 0.349. The smallest absolute Gasteiger partial charge is 0.270 e. The van der Waals surface area contributed by atoms with E-state index in [0.717, 1.165) is 4.90 Å². The number of carbonyl (C=O) groups excluding carboxylic acids is 2. The van der Waals surface area contributed by atoms with Gasteiger partial charge in [-0.05, 0) is 73.7 Å². The summed E-state index contributed by atoms with van der Waals surface area (Å²) in [4.78, 5) is 27.8. The fourth-order valence-corrected chi connectivity index (χ4v) is 4.01. The maximum atomic E-state index is 13.1. The molecular weight excluding hydrogens is 432 g/mol. The summed E-state index contributed by atoms with van der Waals surface area (Å²) in [7, 11) is 1.56. The van der Waals surface area contributed by atoms with Gasteiger partial charge in [0.05, 0.1) is 12.8 Å². The van der Waals surface area contributed by atoms with Crippen molar-refractivity contribution < 1.29 is 18.7 Å². The first-order valence-corrected chi connectivity index (χ1v) is 10.6. The van der Waals surface area contributed by atoms with E-state index in [1.165, 1.54) is 28.3 Å². The van der Waals surface area contributed by atoms with Gasteiger partial charge in [0.1, 0.15) is 17.1 Å². The zero-order chi connectivity index (χ0) is 22.0. The van der Waals surface area contributed by atoms with Gasteiger partial charge in [-0.15, -0.1) is 0 Å². The van der Waals surface area contributed by atoms with Crippen molar-refractivity contribution in [1.82, 2.24) is 5.32 Å². The lowest BCUT2D eigenvalue weighted by atomic mass is 10.1. The Kier molecular flexibility index (Phi) is 5.92. The molecule has 1 N–H and O–H groups in total. The van der Waals surface area contributed by atoms with Crippen LogP contribution in [0.15, 0.2) is 80.6 Å². The van der Waals surface area contributed by atoms with Crippen LogP contribution in [-0.2, 0) is 9.59 Å². The van der Waals surface area contributed by atoms with Crippen molar-refractivity contribution in [3.63, 3.8) is 0 Å². The maximum Gasteiger partial charge on any atom is 0.270 e. The van der Waals surface area contributed by atoms with Crippen LogP contribution < -0.4 is 15.0 Å². The molecule has 2 heterocycles. The first kappa shape index (κ1) is 20.9. The monoisotopic (exact) mass is 450 g/mol. The molecule has 0 unspecified atom stereocenters. The van der Waals surface area contributed by atoms with E-state index < -0.39 is 11.8 Å². The zero-order valence-corrected chi connectivity index (χ0v) is 18.4. The molecule has 1 aliphatic heterocycles. The number of hydrogen-bond donors (Lipinski definition) is 1. The summed E-state index contributed by atoms with van der Waals surface area (Å²) in [6.07, 6.45) is 1.43. The van der Waals surface area contributed by atoms with E-state index in [1.54, 1.807) is 43.5 Å². The van der Waals surface area contributed by atoms with Gasteiger partial charge in [-0.1, -0.05) is 29.5 Å². The highest BCUT2D eigenvalue weighted by atomic mass is 32.2. The van der Waals surface area contributed by atoms with E-state index >= 15 is 0 Å². The van der Waals surface area contributed by atoms with Crippen LogP contribution in [0.3, 0.4) is 0 Å².